The van der Waals surface area contributed by atoms with Crippen LogP contribution in [0.5, 0.6) is 0 Å². The van der Waals surface area contributed by atoms with E-state index in [0.29, 0.717) is 19.4 Å². The third-order valence-electron chi connectivity index (χ3n) is 3.80. The van der Waals surface area contributed by atoms with Crippen LogP contribution in [0.15, 0.2) is 18.2 Å². The number of hydrogen-bond donors (Lipinski definition) is 1. The molecule has 0 spiro atoms. The molecule has 1 atom stereocenters. The van der Waals surface area contributed by atoms with Gasteiger partial charge in [-0.3, -0.25) is 9.59 Å². The van der Waals surface area contributed by atoms with Crippen molar-refractivity contribution in [2.24, 2.45) is 0 Å². The number of amides is 2. The van der Waals surface area contributed by atoms with Crippen molar-refractivity contribution in [3.8, 4) is 6.07 Å². The number of nitrogens with zero attached hydrogens (tertiary/aromatic N) is 2. The zero-order chi connectivity index (χ0) is 17.7. The van der Waals surface area contributed by atoms with Crippen LogP contribution in [0.3, 0.4) is 0 Å². The van der Waals surface area contributed by atoms with Crippen LogP contribution in [0.4, 0.5) is 0 Å². The number of hydrogen-bond acceptors (Lipinski definition) is 5. The predicted molar refractivity (Wildman–Crippen MR) is 85.3 cm³/mol. The molecule has 2 rings (SSSR count). The molecule has 1 saturated heterocycles. The maximum absolute atomic E-state index is 12.2. The van der Waals surface area contributed by atoms with Gasteiger partial charge in [0, 0.05) is 12.1 Å². The fourth-order valence-corrected chi connectivity index (χ4v) is 2.72. The maximum Gasteiger partial charge on any atom is 0.328 e. The van der Waals surface area contributed by atoms with Gasteiger partial charge >= 0.3 is 5.97 Å². The Balaban J connectivity index is 1.97. The van der Waals surface area contributed by atoms with Gasteiger partial charge in [0.05, 0.1) is 24.2 Å². The third-order valence-corrected chi connectivity index (χ3v) is 4.13. The molecule has 0 aromatic heterocycles. The Hall–Kier alpha value is -2.59. The highest BCUT2D eigenvalue weighted by molar-refractivity contribution is 6.31. The van der Waals surface area contributed by atoms with E-state index in [0.717, 1.165) is 0 Å². The number of esters is 1. The lowest BCUT2D eigenvalue weighted by molar-refractivity contribution is -0.150. The van der Waals surface area contributed by atoms with Crippen molar-refractivity contribution in [3.63, 3.8) is 0 Å². The highest BCUT2D eigenvalue weighted by Gasteiger charge is 2.34. The molecular weight excluding hydrogens is 334 g/mol. The molecule has 7 nitrogen and oxygen atoms in total. The molecule has 24 heavy (non-hydrogen) atoms. The molecule has 2 amide bonds. The van der Waals surface area contributed by atoms with Gasteiger partial charge in [0.2, 0.25) is 5.91 Å². The summed E-state index contributed by atoms with van der Waals surface area (Å²) >= 11 is 5.82. The van der Waals surface area contributed by atoms with Crippen molar-refractivity contribution in [3.05, 3.63) is 34.3 Å². The summed E-state index contributed by atoms with van der Waals surface area (Å²) in [5.74, 6) is -1.31. The van der Waals surface area contributed by atoms with Crippen molar-refractivity contribution < 1.29 is 19.1 Å². The van der Waals surface area contributed by atoms with Gasteiger partial charge in [-0.05, 0) is 31.0 Å². The minimum atomic E-state index is -0.597. The normalized spacial score (nSPS) is 16.4. The van der Waals surface area contributed by atoms with Crippen LogP contribution >= 0.6 is 11.6 Å². The average molecular weight is 350 g/mol. The van der Waals surface area contributed by atoms with Gasteiger partial charge in [0.25, 0.3) is 5.91 Å². The second kappa shape index (κ2) is 7.79. The molecule has 0 bridgehead atoms. The van der Waals surface area contributed by atoms with Crippen LogP contribution in [0, 0.1) is 11.3 Å². The van der Waals surface area contributed by atoms with Crippen molar-refractivity contribution in [2.45, 2.75) is 18.9 Å². The summed E-state index contributed by atoms with van der Waals surface area (Å²) < 4.78 is 4.68. The summed E-state index contributed by atoms with van der Waals surface area (Å²) in [6.45, 7) is 0.213. The Labute approximate surface area is 144 Å². The summed E-state index contributed by atoms with van der Waals surface area (Å²) in [5, 5.41) is 11.7. The minimum Gasteiger partial charge on any atom is -0.467 e. The molecule has 126 valence electrons. The van der Waals surface area contributed by atoms with Gasteiger partial charge in [-0.15, -0.1) is 0 Å². The first kappa shape index (κ1) is 17.8. The van der Waals surface area contributed by atoms with Crippen LogP contribution in [0.1, 0.15) is 28.8 Å². The first-order valence-corrected chi connectivity index (χ1v) is 7.71. The number of likely N-dealkylation sites (tertiary alicyclic amines) is 1. The Kier molecular flexibility index (Phi) is 5.77. The van der Waals surface area contributed by atoms with Crippen LogP contribution in [-0.4, -0.2) is 48.9 Å². The molecule has 1 N–H and O–H groups in total. The topological polar surface area (TPSA) is 99.5 Å². The smallest absolute Gasteiger partial charge is 0.328 e. The fraction of sp³-hybridized carbons (Fsp3) is 0.375. The number of ether oxygens (including phenoxy) is 1. The van der Waals surface area contributed by atoms with E-state index in [2.05, 4.69) is 10.1 Å². The van der Waals surface area contributed by atoms with Gasteiger partial charge in [-0.1, -0.05) is 11.6 Å². The molecule has 0 aliphatic carbocycles. The van der Waals surface area contributed by atoms with Gasteiger partial charge in [-0.25, -0.2) is 4.79 Å². The standard InChI is InChI=1S/C16H16ClN3O4/c1-24-16(23)13-3-2-6-20(13)14(21)9-19-15(22)10-4-5-12(17)11(7-10)8-18/h4-5,7,13H,2-3,6,9H2,1H3,(H,19,22). The number of rotatable bonds is 4. The number of carbonyl (C=O) groups is 3. The lowest BCUT2D eigenvalue weighted by atomic mass is 10.1. The lowest BCUT2D eigenvalue weighted by Crippen LogP contribution is -2.45. The first-order valence-electron chi connectivity index (χ1n) is 7.33. The molecule has 0 saturated carbocycles. The molecular formula is C16H16ClN3O4. The van der Waals surface area contributed by atoms with Crippen molar-refractivity contribution in [1.82, 2.24) is 10.2 Å². The molecule has 1 aliphatic heterocycles. The summed E-state index contributed by atoms with van der Waals surface area (Å²) in [6.07, 6.45) is 1.26. The molecule has 1 aromatic rings. The Morgan fingerprint density at radius 1 is 1.46 bits per heavy atom. The minimum absolute atomic E-state index is 0.181. The van der Waals surface area contributed by atoms with Gasteiger partial charge in [-0.2, -0.15) is 5.26 Å². The molecule has 8 heteroatoms. The number of methoxy groups -OCH3 is 1. The third kappa shape index (κ3) is 3.84. The van der Waals surface area contributed by atoms with E-state index in [1.165, 1.54) is 30.2 Å². The highest BCUT2D eigenvalue weighted by atomic mass is 35.5. The predicted octanol–water partition coefficient (Wildman–Crippen LogP) is 1.11. The van der Waals surface area contributed by atoms with Crippen LogP contribution < -0.4 is 5.32 Å². The van der Waals surface area contributed by atoms with E-state index in [9.17, 15) is 14.4 Å². The van der Waals surface area contributed by atoms with Gasteiger partial charge < -0.3 is 15.0 Å². The van der Waals surface area contributed by atoms with E-state index in [1.54, 1.807) is 0 Å². The number of halogens is 1. The first-order chi connectivity index (χ1) is 11.5. The monoisotopic (exact) mass is 349 g/mol. The number of benzene rings is 1. The molecule has 1 aliphatic rings. The molecule has 1 fully saturated rings. The van der Waals surface area contributed by atoms with Crippen molar-refractivity contribution in [2.75, 3.05) is 20.2 Å². The average Bonchev–Trinajstić information content (AvgIpc) is 3.08. The lowest BCUT2D eigenvalue weighted by Gasteiger charge is -2.22. The maximum atomic E-state index is 12.2. The molecule has 0 radical (unpaired) electrons. The quantitative estimate of drug-likeness (QED) is 0.821. The zero-order valence-electron chi connectivity index (χ0n) is 13.0. The Morgan fingerprint density at radius 3 is 2.88 bits per heavy atom. The highest BCUT2D eigenvalue weighted by Crippen LogP contribution is 2.19. The number of carbonyl (C=O) groups excluding carboxylic acids is 3. The summed E-state index contributed by atoms with van der Waals surface area (Å²) in [6, 6.07) is 5.56. The summed E-state index contributed by atoms with van der Waals surface area (Å²) in [7, 11) is 1.28. The summed E-state index contributed by atoms with van der Waals surface area (Å²) in [4.78, 5) is 37.4. The Bertz CT molecular complexity index is 714. The molecule has 1 aromatic carbocycles. The largest absolute Gasteiger partial charge is 0.467 e. The van der Waals surface area contributed by atoms with E-state index in [1.807, 2.05) is 6.07 Å². The SMILES string of the molecule is COC(=O)C1CCCN1C(=O)CNC(=O)c1ccc(Cl)c(C#N)c1. The van der Waals surface area contributed by atoms with E-state index in [-0.39, 0.29) is 28.6 Å². The zero-order valence-corrected chi connectivity index (χ0v) is 13.8. The second-order valence-electron chi connectivity index (χ2n) is 5.26. The van der Waals surface area contributed by atoms with Crippen molar-refractivity contribution in [1.29, 1.82) is 5.26 Å². The number of nitriles is 1. The molecule has 1 unspecified atom stereocenters. The Morgan fingerprint density at radius 2 is 2.21 bits per heavy atom. The second-order valence-corrected chi connectivity index (χ2v) is 5.66. The van der Waals surface area contributed by atoms with Gasteiger partial charge in [0.1, 0.15) is 12.1 Å². The van der Waals surface area contributed by atoms with E-state index >= 15 is 0 Å². The molecule has 1 heterocycles. The van der Waals surface area contributed by atoms with E-state index in [4.69, 9.17) is 16.9 Å². The van der Waals surface area contributed by atoms with Crippen LogP contribution in [0.2, 0.25) is 5.02 Å². The van der Waals surface area contributed by atoms with Crippen molar-refractivity contribution >= 4 is 29.4 Å². The fourth-order valence-electron chi connectivity index (χ4n) is 2.56. The summed E-state index contributed by atoms with van der Waals surface area (Å²) in [5.41, 5.74) is 0.413. The number of nitrogens with one attached hydrogen (secondary N) is 1. The van der Waals surface area contributed by atoms with E-state index < -0.39 is 17.9 Å². The van der Waals surface area contributed by atoms with Crippen LogP contribution in [-0.2, 0) is 14.3 Å². The van der Waals surface area contributed by atoms with Gasteiger partial charge in [0.15, 0.2) is 0 Å². The van der Waals surface area contributed by atoms with Crippen LogP contribution in [0.25, 0.3) is 0 Å².